The summed E-state index contributed by atoms with van der Waals surface area (Å²) < 4.78 is 0. The van der Waals surface area contributed by atoms with E-state index in [0.29, 0.717) is 17.2 Å². The van der Waals surface area contributed by atoms with E-state index in [-0.39, 0.29) is 0 Å². The van der Waals surface area contributed by atoms with E-state index >= 15 is 0 Å². The van der Waals surface area contributed by atoms with Gasteiger partial charge in [-0.25, -0.2) is 4.79 Å². The molecule has 0 bridgehead atoms. The van der Waals surface area contributed by atoms with Crippen molar-refractivity contribution in [2.45, 2.75) is 29.1 Å². The van der Waals surface area contributed by atoms with Crippen molar-refractivity contribution in [1.82, 2.24) is 4.90 Å². The third-order valence-corrected chi connectivity index (χ3v) is 8.73. The Morgan fingerprint density at radius 1 is 0.838 bits per heavy atom. The van der Waals surface area contributed by atoms with Gasteiger partial charge in [0.15, 0.2) is 0 Å². The second-order valence-electron chi connectivity index (χ2n) is 10.1. The number of thioether (sulfide) groups is 1. The van der Waals surface area contributed by atoms with E-state index in [1.54, 1.807) is 17.8 Å². The van der Waals surface area contributed by atoms with Gasteiger partial charge in [-0.05, 0) is 85.4 Å². The first-order valence-electron chi connectivity index (χ1n) is 12.8. The molecule has 188 valence electrons. The van der Waals surface area contributed by atoms with Gasteiger partial charge in [0.25, 0.3) is 0 Å². The number of carbonyl (C=O) groups is 1. The molecule has 37 heavy (non-hydrogen) atoms. The Labute approximate surface area is 224 Å². The third-order valence-electron chi connectivity index (χ3n) is 7.54. The predicted octanol–water partition coefficient (Wildman–Crippen LogP) is 7.10. The highest BCUT2D eigenvalue weighted by molar-refractivity contribution is 7.99. The van der Waals surface area contributed by atoms with Crippen molar-refractivity contribution >= 4 is 17.7 Å². The Morgan fingerprint density at radius 3 is 2.19 bits per heavy atom. The van der Waals surface area contributed by atoms with Crippen LogP contribution in [0.1, 0.15) is 50.5 Å². The number of carboxylic acids is 1. The fourth-order valence-corrected chi connectivity index (χ4v) is 7.02. The lowest BCUT2D eigenvalue weighted by Crippen LogP contribution is -2.35. The molecule has 4 aromatic carbocycles. The largest absolute Gasteiger partial charge is 0.478 e. The number of rotatable bonds is 8. The van der Waals surface area contributed by atoms with E-state index in [1.807, 2.05) is 24.3 Å². The van der Waals surface area contributed by atoms with Crippen LogP contribution in [0.4, 0.5) is 0 Å². The highest BCUT2D eigenvalue weighted by Gasteiger charge is 2.44. The lowest BCUT2D eigenvalue weighted by atomic mass is 9.67. The van der Waals surface area contributed by atoms with Crippen molar-refractivity contribution in [2.75, 3.05) is 26.4 Å². The minimum atomic E-state index is -0.886. The summed E-state index contributed by atoms with van der Waals surface area (Å²) in [6, 6.07) is 35.5. The number of benzene rings is 4. The molecule has 0 aliphatic heterocycles. The average molecular weight is 508 g/mol. The molecule has 2 unspecified atom stereocenters. The molecular formula is C33H33NO2S. The number of nitrogens with zero attached hydrogens (tertiary/aromatic N) is 1. The van der Waals surface area contributed by atoms with Crippen molar-refractivity contribution in [3.63, 3.8) is 0 Å². The summed E-state index contributed by atoms with van der Waals surface area (Å²) in [5, 5.41) is 10.3. The summed E-state index contributed by atoms with van der Waals surface area (Å²) in [6.45, 7) is 0.999. The van der Waals surface area contributed by atoms with Crippen LogP contribution in [-0.4, -0.2) is 42.4 Å². The predicted molar refractivity (Wildman–Crippen MR) is 153 cm³/mol. The summed E-state index contributed by atoms with van der Waals surface area (Å²) in [5.74, 6) is 0.166. The molecular weight excluding hydrogens is 474 g/mol. The Kier molecular flexibility index (Phi) is 7.50. The van der Waals surface area contributed by atoms with Crippen LogP contribution >= 0.6 is 11.8 Å². The minimum absolute atomic E-state index is 0.348. The Bertz CT molecular complexity index is 1380. The van der Waals surface area contributed by atoms with Gasteiger partial charge in [-0.2, -0.15) is 0 Å². The van der Waals surface area contributed by atoms with Crippen molar-refractivity contribution < 1.29 is 9.90 Å². The van der Waals surface area contributed by atoms with Gasteiger partial charge in [-0.15, -0.1) is 11.8 Å². The molecule has 2 atom stereocenters. The normalized spacial score (nSPS) is 18.6. The molecule has 5 rings (SSSR count). The zero-order chi connectivity index (χ0) is 25.8. The highest BCUT2D eigenvalue weighted by Crippen LogP contribution is 2.51. The van der Waals surface area contributed by atoms with Crippen LogP contribution in [-0.2, 0) is 11.8 Å². The molecule has 0 radical (unpaired) electrons. The van der Waals surface area contributed by atoms with Gasteiger partial charge >= 0.3 is 5.97 Å². The van der Waals surface area contributed by atoms with Crippen molar-refractivity contribution in [1.29, 1.82) is 0 Å². The summed E-state index contributed by atoms with van der Waals surface area (Å²) in [6.07, 6.45) is 1.98. The van der Waals surface area contributed by atoms with Crippen LogP contribution in [0.5, 0.6) is 0 Å². The van der Waals surface area contributed by atoms with Crippen LogP contribution < -0.4 is 0 Å². The van der Waals surface area contributed by atoms with E-state index in [4.69, 9.17) is 0 Å². The molecule has 0 fully saturated rings. The highest BCUT2D eigenvalue weighted by atomic mass is 32.2. The molecule has 0 heterocycles. The maximum Gasteiger partial charge on any atom is 0.336 e. The second-order valence-corrected chi connectivity index (χ2v) is 11.1. The first kappa shape index (κ1) is 25.3. The van der Waals surface area contributed by atoms with Crippen LogP contribution in [0.2, 0.25) is 0 Å². The molecule has 3 nitrogen and oxygen atoms in total. The zero-order valence-electron chi connectivity index (χ0n) is 21.4. The number of carboxylic acid groups (broad SMARTS) is 1. The maximum atomic E-state index is 12.6. The lowest BCUT2D eigenvalue weighted by Gasteiger charge is -2.38. The summed E-state index contributed by atoms with van der Waals surface area (Å²) in [7, 11) is 4.25. The van der Waals surface area contributed by atoms with Gasteiger partial charge in [0.1, 0.15) is 0 Å². The van der Waals surface area contributed by atoms with Gasteiger partial charge < -0.3 is 10.0 Å². The third kappa shape index (κ3) is 4.96. The standard InChI is InChI=1S/C33H33NO2S/c1-34(2)21-20-24-22-25-12-6-9-17-29(25)33(30-18-10-7-15-27(24)30,23-37-26-13-4-3-5-14-26)31-19-11-8-16-28(31)32(35)36/h3-19,24H,20-23H2,1-2H3,(H,35,36). The van der Waals surface area contributed by atoms with Crippen LogP contribution in [0.25, 0.3) is 0 Å². The van der Waals surface area contributed by atoms with E-state index in [0.717, 1.165) is 24.9 Å². The smallest absolute Gasteiger partial charge is 0.336 e. The number of hydrogen-bond donors (Lipinski definition) is 1. The molecule has 0 saturated heterocycles. The second kappa shape index (κ2) is 11.0. The Balaban J connectivity index is 1.81. The first-order chi connectivity index (χ1) is 18.0. The van der Waals surface area contributed by atoms with Crippen molar-refractivity contribution in [3.05, 3.63) is 137 Å². The topological polar surface area (TPSA) is 40.5 Å². The van der Waals surface area contributed by atoms with Crippen LogP contribution in [0, 0.1) is 0 Å². The van der Waals surface area contributed by atoms with E-state index in [2.05, 4.69) is 91.8 Å². The van der Waals surface area contributed by atoms with Crippen LogP contribution in [0.15, 0.2) is 108 Å². The van der Waals surface area contributed by atoms with Gasteiger partial charge in [0, 0.05) is 10.6 Å². The summed E-state index contributed by atoms with van der Waals surface area (Å²) in [5.41, 5.74) is 5.68. The van der Waals surface area contributed by atoms with Gasteiger partial charge in [0.2, 0.25) is 0 Å². The molecule has 4 aromatic rings. The fraction of sp³-hybridized carbons (Fsp3) is 0.242. The monoisotopic (exact) mass is 507 g/mol. The Morgan fingerprint density at radius 2 is 1.46 bits per heavy atom. The maximum absolute atomic E-state index is 12.6. The molecule has 4 heteroatoms. The first-order valence-corrected chi connectivity index (χ1v) is 13.8. The van der Waals surface area contributed by atoms with Crippen LogP contribution in [0.3, 0.4) is 0 Å². The van der Waals surface area contributed by atoms with E-state index in [9.17, 15) is 9.90 Å². The van der Waals surface area contributed by atoms with Crippen molar-refractivity contribution in [2.24, 2.45) is 0 Å². The molecule has 1 aliphatic rings. The van der Waals surface area contributed by atoms with Gasteiger partial charge in [-0.1, -0.05) is 84.9 Å². The number of hydrogen-bond acceptors (Lipinski definition) is 3. The molecule has 1 aliphatic carbocycles. The van der Waals surface area contributed by atoms with E-state index in [1.165, 1.54) is 27.1 Å². The summed E-state index contributed by atoms with van der Waals surface area (Å²) >= 11 is 1.80. The summed E-state index contributed by atoms with van der Waals surface area (Å²) in [4.78, 5) is 16.0. The van der Waals surface area contributed by atoms with Gasteiger partial charge in [0.05, 0.1) is 11.0 Å². The Hall–Kier alpha value is -3.34. The molecule has 1 N–H and O–H groups in total. The number of aromatic carboxylic acids is 1. The van der Waals surface area contributed by atoms with E-state index < -0.39 is 11.4 Å². The number of fused-ring (bicyclic) bond motifs is 2. The minimum Gasteiger partial charge on any atom is -0.478 e. The molecule has 0 spiro atoms. The fourth-order valence-electron chi connectivity index (χ4n) is 5.82. The molecule has 0 aromatic heterocycles. The SMILES string of the molecule is CN(C)CCC1Cc2ccccc2C(CSc2ccccc2)(c2ccccc2C(=O)O)c2ccccc21. The quantitative estimate of drug-likeness (QED) is 0.258. The molecule has 0 saturated carbocycles. The lowest BCUT2D eigenvalue weighted by molar-refractivity contribution is 0.0695. The average Bonchev–Trinajstić information content (AvgIpc) is 3.04. The van der Waals surface area contributed by atoms with Gasteiger partial charge in [-0.3, -0.25) is 0 Å². The van der Waals surface area contributed by atoms with Crippen molar-refractivity contribution in [3.8, 4) is 0 Å². The molecule has 0 amide bonds. The zero-order valence-corrected chi connectivity index (χ0v) is 22.2.